The van der Waals surface area contributed by atoms with Crippen molar-refractivity contribution in [2.75, 3.05) is 20.8 Å². The third kappa shape index (κ3) is 4.72. The number of aliphatic hydroxyl groups excluding tert-OH is 1. The van der Waals surface area contributed by atoms with Crippen molar-refractivity contribution in [2.45, 2.75) is 19.5 Å². The molecule has 0 saturated carbocycles. The van der Waals surface area contributed by atoms with E-state index < -0.39 is 17.7 Å². The van der Waals surface area contributed by atoms with Crippen molar-refractivity contribution in [3.05, 3.63) is 88.2 Å². The second-order valence-electron chi connectivity index (χ2n) is 7.98. The van der Waals surface area contributed by atoms with Crippen molar-refractivity contribution in [3.8, 4) is 17.2 Å². The fourth-order valence-electron chi connectivity index (χ4n) is 4.18. The van der Waals surface area contributed by atoms with Crippen LogP contribution in [0.4, 0.5) is 0 Å². The fraction of sp³-hybridized carbons (Fsp3) is 0.222. The van der Waals surface area contributed by atoms with E-state index >= 15 is 0 Å². The fourth-order valence-corrected chi connectivity index (χ4v) is 4.41. The first-order chi connectivity index (χ1) is 17.4. The second kappa shape index (κ2) is 10.7. The van der Waals surface area contributed by atoms with Crippen molar-refractivity contribution < 1.29 is 28.9 Å². The minimum Gasteiger partial charge on any atom is -0.507 e. The maximum Gasteiger partial charge on any atom is 0.295 e. The molecule has 0 radical (unpaired) electrons. The Kier molecular flexibility index (Phi) is 7.45. The number of ether oxygens (including phenoxy) is 3. The molecule has 1 aliphatic heterocycles. The normalized spacial score (nSPS) is 16.8. The molecule has 1 fully saturated rings. The van der Waals surface area contributed by atoms with Crippen molar-refractivity contribution in [2.24, 2.45) is 0 Å². The molecule has 0 spiro atoms. The number of nitrogens with zero attached hydrogens (tertiary/aromatic N) is 2. The number of rotatable bonds is 8. The van der Waals surface area contributed by atoms with Gasteiger partial charge in [-0.1, -0.05) is 23.7 Å². The first-order valence-corrected chi connectivity index (χ1v) is 11.6. The number of carbonyl (C=O) groups excluding carboxylic acids is 2. The number of aliphatic hydroxyl groups is 1. The molecule has 3 aromatic rings. The summed E-state index contributed by atoms with van der Waals surface area (Å²) in [6.45, 7) is 2.36. The molecule has 1 atom stereocenters. The zero-order valence-electron chi connectivity index (χ0n) is 20.0. The maximum absolute atomic E-state index is 13.3. The third-order valence-electron chi connectivity index (χ3n) is 5.84. The van der Waals surface area contributed by atoms with Crippen molar-refractivity contribution >= 4 is 29.1 Å². The highest BCUT2D eigenvalue weighted by Crippen LogP contribution is 2.43. The summed E-state index contributed by atoms with van der Waals surface area (Å²) in [5.74, 6) is -0.524. The van der Waals surface area contributed by atoms with E-state index in [-0.39, 0.29) is 28.5 Å². The van der Waals surface area contributed by atoms with Crippen LogP contribution in [0.25, 0.3) is 5.76 Å². The number of hydrogen-bond donors (Lipinski definition) is 1. The lowest BCUT2D eigenvalue weighted by Gasteiger charge is -2.26. The van der Waals surface area contributed by atoms with Gasteiger partial charge in [-0.3, -0.25) is 14.6 Å². The second-order valence-corrected chi connectivity index (χ2v) is 8.39. The first-order valence-electron chi connectivity index (χ1n) is 11.2. The molecule has 1 saturated heterocycles. The predicted octanol–water partition coefficient (Wildman–Crippen LogP) is 4.77. The van der Waals surface area contributed by atoms with Crippen LogP contribution in [0.1, 0.15) is 29.7 Å². The van der Waals surface area contributed by atoms with Crippen LogP contribution in [-0.4, -0.2) is 47.5 Å². The van der Waals surface area contributed by atoms with Gasteiger partial charge in [-0.25, -0.2) is 0 Å². The van der Waals surface area contributed by atoms with Gasteiger partial charge in [0.25, 0.3) is 11.7 Å². The van der Waals surface area contributed by atoms with Crippen LogP contribution in [0.15, 0.2) is 66.5 Å². The minimum absolute atomic E-state index is 0.0589. The van der Waals surface area contributed by atoms with Crippen LogP contribution >= 0.6 is 11.6 Å². The molecule has 1 aliphatic rings. The maximum atomic E-state index is 13.3. The molecule has 1 aromatic heterocycles. The third-order valence-corrected chi connectivity index (χ3v) is 6.14. The lowest BCUT2D eigenvalue weighted by Crippen LogP contribution is -2.29. The minimum atomic E-state index is -0.893. The molecule has 1 unspecified atom stereocenters. The summed E-state index contributed by atoms with van der Waals surface area (Å²) in [6.07, 6.45) is 3.25. The van der Waals surface area contributed by atoms with Crippen LogP contribution in [-0.2, 0) is 16.1 Å². The number of aromatic nitrogens is 1. The largest absolute Gasteiger partial charge is 0.507 e. The van der Waals surface area contributed by atoms with Crippen molar-refractivity contribution in [1.82, 2.24) is 9.88 Å². The molecule has 186 valence electrons. The first kappa shape index (κ1) is 25.1. The molecule has 1 amide bonds. The summed E-state index contributed by atoms with van der Waals surface area (Å²) in [5.41, 5.74) is 1.52. The van der Waals surface area contributed by atoms with Gasteiger partial charge in [0, 0.05) is 24.5 Å². The average Bonchev–Trinajstić information content (AvgIpc) is 3.14. The summed E-state index contributed by atoms with van der Waals surface area (Å²) < 4.78 is 16.2. The Morgan fingerprint density at radius 2 is 1.81 bits per heavy atom. The number of Topliss-reactive ketones (excluding diaryl/α,β-unsaturated/α-hetero) is 1. The van der Waals surface area contributed by atoms with Gasteiger partial charge in [0.05, 0.1) is 37.5 Å². The lowest BCUT2D eigenvalue weighted by molar-refractivity contribution is -0.140. The van der Waals surface area contributed by atoms with Crippen LogP contribution in [0.5, 0.6) is 17.2 Å². The van der Waals surface area contributed by atoms with E-state index in [2.05, 4.69) is 4.98 Å². The van der Waals surface area contributed by atoms with E-state index in [1.54, 1.807) is 48.8 Å². The SMILES string of the molecule is CCOc1ccc(/C(O)=C2/C(=O)C(=O)N(Cc3cccnc3)C2c2ccc(OC)c(OC)c2)cc1Cl. The number of carbonyl (C=O) groups is 2. The van der Waals surface area contributed by atoms with E-state index in [0.29, 0.717) is 29.4 Å². The Morgan fingerprint density at radius 3 is 2.44 bits per heavy atom. The van der Waals surface area contributed by atoms with Gasteiger partial charge in [0.2, 0.25) is 0 Å². The van der Waals surface area contributed by atoms with Crippen LogP contribution in [0.2, 0.25) is 5.02 Å². The standard InChI is InChI=1S/C27H25ClN2O6/c1-4-36-20-9-8-18(12-19(20)28)25(31)23-24(17-7-10-21(34-2)22(13-17)35-3)30(27(33)26(23)32)15-16-6-5-11-29-14-16/h5-14,24,31H,4,15H2,1-3H3/b25-23-. The van der Waals surface area contributed by atoms with Gasteiger partial charge in [0.15, 0.2) is 11.5 Å². The molecule has 36 heavy (non-hydrogen) atoms. The Labute approximate surface area is 213 Å². The topological polar surface area (TPSA) is 98.2 Å². The number of methoxy groups -OCH3 is 2. The predicted molar refractivity (Wildman–Crippen MR) is 134 cm³/mol. The number of hydrogen-bond acceptors (Lipinski definition) is 7. The molecule has 0 bridgehead atoms. The van der Waals surface area contributed by atoms with Gasteiger partial charge in [0.1, 0.15) is 11.5 Å². The molecular weight excluding hydrogens is 484 g/mol. The van der Waals surface area contributed by atoms with E-state index in [9.17, 15) is 14.7 Å². The average molecular weight is 509 g/mol. The molecule has 0 aliphatic carbocycles. The van der Waals surface area contributed by atoms with Gasteiger partial charge in [-0.15, -0.1) is 0 Å². The summed E-state index contributed by atoms with van der Waals surface area (Å²) in [7, 11) is 3.01. The smallest absolute Gasteiger partial charge is 0.295 e. The number of benzene rings is 2. The van der Waals surface area contributed by atoms with E-state index in [1.165, 1.54) is 25.2 Å². The van der Waals surface area contributed by atoms with Gasteiger partial charge >= 0.3 is 0 Å². The van der Waals surface area contributed by atoms with Gasteiger partial charge in [-0.05, 0) is 54.4 Å². The highest BCUT2D eigenvalue weighted by molar-refractivity contribution is 6.46. The number of amides is 1. The Morgan fingerprint density at radius 1 is 1.06 bits per heavy atom. The molecule has 1 N–H and O–H groups in total. The highest BCUT2D eigenvalue weighted by Gasteiger charge is 2.46. The quantitative estimate of drug-likeness (QED) is 0.266. The zero-order valence-corrected chi connectivity index (χ0v) is 20.8. The number of likely N-dealkylation sites (tertiary alicyclic amines) is 1. The molecule has 2 aromatic carbocycles. The molecule has 8 nitrogen and oxygen atoms in total. The number of pyridine rings is 1. The molecule has 2 heterocycles. The van der Waals surface area contributed by atoms with Crippen LogP contribution < -0.4 is 14.2 Å². The summed E-state index contributed by atoms with van der Waals surface area (Å²) in [6, 6.07) is 12.5. The summed E-state index contributed by atoms with van der Waals surface area (Å²) >= 11 is 6.33. The summed E-state index contributed by atoms with van der Waals surface area (Å²) in [4.78, 5) is 32.0. The Bertz CT molecular complexity index is 1330. The lowest BCUT2D eigenvalue weighted by atomic mass is 9.94. The number of halogens is 1. The van der Waals surface area contributed by atoms with Crippen molar-refractivity contribution in [3.63, 3.8) is 0 Å². The van der Waals surface area contributed by atoms with Crippen LogP contribution in [0.3, 0.4) is 0 Å². The van der Waals surface area contributed by atoms with Gasteiger partial charge < -0.3 is 24.2 Å². The molecule has 9 heteroatoms. The van der Waals surface area contributed by atoms with Crippen molar-refractivity contribution in [1.29, 1.82) is 0 Å². The molecular formula is C27H25ClN2O6. The van der Waals surface area contributed by atoms with E-state index in [4.69, 9.17) is 25.8 Å². The Hall–Kier alpha value is -4.04. The zero-order chi connectivity index (χ0) is 25.8. The van der Waals surface area contributed by atoms with Gasteiger partial charge in [-0.2, -0.15) is 0 Å². The number of ketones is 1. The van der Waals surface area contributed by atoms with E-state index in [0.717, 1.165) is 5.56 Å². The van der Waals surface area contributed by atoms with Crippen LogP contribution in [0, 0.1) is 0 Å². The summed E-state index contributed by atoms with van der Waals surface area (Å²) in [5, 5.41) is 11.6. The monoisotopic (exact) mass is 508 g/mol. The molecule has 4 rings (SSSR count). The Balaban J connectivity index is 1.88. The highest BCUT2D eigenvalue weighted by atomic mass is 35.5. The van der Waals surface area contributed by atoms with E-state index in [1.807, 2.05) is 13.0 Å².